The van der Waals surface area contributed by atoms with E-state index in [2.05, 4.69) is 10.1 Å². The molecule has 1 aromatic rings. The first-order valence-corrected chi connectivity index (χ1v) is 10.3. The Morgan fingerprint density at radius 3 is 2.46 bits per heavy atom. The summed E-state index contributed by atoms with van der Waals surface area (Å²) in [5, 5.41) is 11.8. The van der Waals surface area contributed by atoms with E-state index in [1.807, 2.05) is 0 Å². The summed E-state index contributed by atoms with van der Waals surface area (Å²) >= 11 is -4.98. The van der Waals surface area contributed by atoms with Crippen molar-refractivity contribution in [1.82, 2.24) is 4.90 Å². The zero-order chi connectivity index (χ0) is 17.9. The van der Waals surface area contributed by atoms with E-state index in [1.165, 1.54) is 36.3 Å². The number of hydrogen-bond donors (Lipinski definition) is 4. The van der Waals surface area contributed by atoms with E-state index in [0.717, 1.165) is 0 Å². The number of amides is 1. The zero-order valence-electron chi connectivity index (χ0n) is 12.8. The minimum absolute atomic E-state index is 0.0119. The second-order valence-electron chi connectivity index (χ2n) is 5.01. The fourth-order valence-corrected chi connectivity index (χ4v) is 3.36. The quantitative estimate of drug-likeness (QED) is 0.316. The summed E-state index contributed by atoms with van der Waals surface area (Å²) < 4.78 is 34.1. The number of ether oxygens (including phenoxy) is 1. The Hall–Kier alpha value is -2.06. The summed E-state index contributed by atoms with van der Waals surface area (Å²) in [4.78, 5) is 25.4. The van der Waals surface area contributed by atoms with E-state index in [9.17, 15) is 13.3 Å². The Labute approximate surface area is 140 Å². The van der Waals surface area contributed by atoms with Crippen molar-refractivity contribution in [3.8, 4) is 0 Å². The van der Waals surface area contributed by atoms with Crippen LogP contribution in [0.15, 0.2) is 35.5 Å². The van der Waals surface area contributed by atoms with Crippen LogP contribution in [0.3, 0.4) is 0 Å². The van der Waals surface area contributed by atoms with E-state index < -0.39 is 26.0 Å². The van der Waals surface area contributed by atoms with Gasteiger partial charge in [0.1, 0.15) is 0 Å². The molecular weight excluding hydrogens is 383 g/mol. The van der Waals surface area contributed by atoms with Crippen LogP contribution in [0.5, 0.6) is 0 Å². The molecule has 10 heteroatoms. The van der Waals surface area contributed by atoms with Crippen LogP contribution in [0.4, 0.5) is 5.69 Å². The number of esters is 1. The predicted molar refractivity (Wildman–Crippen MR) is 83.3 cm³/mol. The molecule has 1 aliphatic rings. The topological polar surface area (TPSA) is 136 Å². The van der Waals surface area contributed by atoms with Crippen molar-refractivity contribution in [3.63, 3.8) is 0 Å². The van der Waals surface area contributed by atoms with Crippen LogP contribution in [0, 0.1) is 0 Å². The minimum atomic E-state index is -4.98. The molecule has 0 radical (unpaired) electrons. The third kappa shape index (κ3) is 3.88. The van der Waals surface area contributed by atoms with Gasteiger partial charge >= 0.3 is 140 Å². The van der Waals surface area contributed by atoms with E-state index in [4.69, 9.17) is 13.3 Å². The first kappa shape index (κ1) is 18.3. The van der Waals surface area contributed by atoms with Gasteiger partial charge in [-0.15, -0.1) is 0 Å². The van der Waals surface area contributed by atoms with Gasteiger partial charge in [-0.1, -0.05) is 0 Å². The van der Waals surface area contributed by atoms with Crippen molar-refractivity contribution in [2.24, 2.45) is 0 Å². The van der Waals surface area contributed by atoms with Gasteiger partial charge in [-0.3, -0.25) is 0 Å². The number of hydrogen-bond acceptors (Lipinski definition) is 6. The van der Waals surface area contributed by atoms with Gasteiger partial charge in [0.2, 0.25) is 0 Å². The number of anilines is 1. The molecule has 1 aliphatic heterocycles. The molecule has 130 valence electrons. The van der Waals surface area contributed by atoms with Crippen LogP contribution >= 0.6 is 0 Å². The van der Waals surface area contributed by atoms with Gasteiger partial charge in [-0.2, -0.15) is 0 Å². The average molecular weight is 400 g/mol. The second kappa shape index (κ2) is 7.23. The van der Waals surface area contributed by atoms with Gasteiger partial charge in [0.25, 0.3) is 0 Å². The fraction of sp³-hybridized carbons (Fsp3) is 0.286. The van der Waals surface area contributed by atoms with Crippen LogP contribution in [0.2, 0.25) is 0 Å². The molecule has 24 heavy (non-hydrogen) atoms. The Balaban J connectivity index is 2.28. The fourth-order valence-electron chi connectivity index (χ4n) is 2.23. The summed E-state index contributed by atoms with van der Waals surface area (Å²) in [7, 11) is 1.20. The molecule has 0 fully saturated rings. The van der Waals surface area contributed by atoms with E-state index in [-0.39, 0.29) is 35.3 Å². The second-order valence-corrected chi connectivity index (χ2v) is 8.38. The van der Waals surface area contributed by atoms with Crippen LogP contribution in [-0.4, -0.2) is 71.1 Å². The first-order chi connectivity index (χ1) is 11.3. The molecule has 0 aromatic heterocycles. The Morgan fingerprint density at radius 2 is 1.96 bits per heavy atom. The zero-order valence-corrected chi connectivity index (χ0v) is 14.7. The third-order valence-corrected chi connectivity index (χ3v) is 5.46. The monoisotopic (exact) mass is 400 g/mol. The molecule has 1 aromatic carbocycles. The standard InChI is InChI=1S/C14H17AsN2O7/c1-24-14(20)11-8-17(6-7-18)13(19)12(11)16-10-4-2-9(3-5-10)15(21,22)23/h2-5,16,18H,6-8H2,1H3,(H2,21,22,23). The van der Waals surface area contributed by atoms with Crippen molar-refractivity contribution >= 4 is 36.1 Å². The molecule has 0 unspecified atom stereocenters. The van der Waals surface area contributed by atoms with Gasteiger partial charge < -0.3 is 0 Å². The maximum absolute atomic E-state index is 12.3. The van der Waals surface area contributed by atoms with Gasteiger partial charge in [-0.05, 0) is 0 Å². The Kier molecular flexibility index (Phi) is 5.50. The number of benzene rings is 1. The molecule has 0 aliphatic carbocycles. The van der Waals surface area contributed by atoms with Crippen LogP contribution in [-0.2, 0) is 18.1 Å². The van der Waals surface area contributed by atoms with Crippen LogP contribution in [0.25, 0.3) is 0 Å². The molecule has 4 N–H and O–H groups in total. The van der Waals surface area contributed by atoms with Crippen molar-refractivity contribution < 1.29 is 31.4 Å². The van der Waals surface area contributed by atoms with Gasteiger partial charge in [-0.25, -0.2) is 0 Å². The first-order valence-electron chi connectivity index (χ1n) is 6.92. The van der Waals surface area contributed by atoms with Crippen LogP contribution < -0.4 is 9.67 Å². The Bertz CT molecular complexity index is 723. The summed E-state index contributed by atoms with van der Waals surface area (Å²) in [6.45, 7) is -0.158. The normalized spacial score (nSPS) is 15.0. The molecule has 9 nitrogen and oxygen atoms in total. The predicted octanol–water partition coefficient (Wildman–Crippen LogP) is -2.08. The van der Waals surface area contributed by atoms with Crippen molar-refractivity contribution in [2.75, 3.05) is 32.1 Å². The molecule has 0 spiro atoms. The average Bonchev–Trinajstić information content (AvgIpc) is 2.84. The number of carbonyl (C=O) groups is 2. The van der Waals surface area contributed by atoms with Gasteiger partial charge in [0, 0.05) is 0 Å². The number of rotatable bonds is 6. The van der Waals surface area contributed by atoms with E-state index >= 15 is 0 Å². The number of carbonyl (C=O) groups excluding carboxylic acids is 2. The molecule has 0 bridgehead atoms. The molecule has 1 heterocycles. The summed E-state index contributed by atoms with van der Waals surface area (Å²) in [6, 6.07) is 5.32. The van der Waals surface area contributed by atoms with Gasteiger partial charge in [0.05, 0.1) is 0 Å². The van der Waals surface area contributed by atoms with E-state index in [1.54, 1.807) is 0 Å². The number of nitrogens with one attached hydrogen (secondary N) is 1. The Morgan fingerprint density at radius 1 is 1.33 bits per heavy atom. The summed E-state index contributed by atoms with van der Waals surface area (Å²) in [5.74, 6) is -1.13. The number of methoxy groups -OCH3 is 1. The number of aliphatic hydroxyl groups is 1. The van der Waals surface area contributed by atoms with Gasteiger partial charge in [0.15, 0.2) is 0 Å². The molecular formula is C14H17AsN2O7. The number of aliphatic hydroxyl groups excluding tert-OH is 1. The molecule has 2 rings (SSSR count). The van der Waals surface area contributed by atoms with Crippen molar-refractivity contribution in [1.29, 1.82) is 0 Å². The van der Waals surface area contributed by atoms with E-state index in [0.29, 0.717) is 5.69 Å². The van der Waals surface area contributed by atoms with Crippen LogP contribution in [0.1, 0.15) is 0 Å². The SMILES string of the molecule is COC(=O)C1=C(Nc2ccc([As](=O)(O)O)cc2)C(=O)N(CCO)C1. The van der Waals surface area contributed by atoms with Crippen molar-refractivity contribution in [3.05, 3.63) is 35.5 Å². The molecule has 1 amide bonds. The molecule has 0 saturated heterocycles. The third-order valence-electron chi connectivity index (χ3n) is 3.43. The summed E-state index contributed by atoms with van der Waals surface area (Å²) in [6.07, 6.45) is 0. The maximum atomic E-state index is 12.3. The number of nitrogens with zero attached hydrogens (tertiary/aromatic N) is 1. The molecule has 0 atom stereocenters. The molecule has 0 saturated carbocycles. The van der Waals surface area contributed by atoms with Crippen molar-refractivity contribution in [2.45, 2.75) is 0 Å². The number of β-amino-alcohol motifs (C(OH)–C–C–N with tert-alkyl or cyclic N) is 1. The summed E-state index contributed by atoms with van der Waals surface area (Å²) in [5.41, 5.74) is 0.530.